The van der Waals surface area contributed by atoms with Crippen molar-refractivity contribution in [1.29, 1.82) is 0 Å². The van der Waals surface area contributed by atoms with Gasteiger partial charge in [-0.1, -0.05) is 36.7 Å². The average Bonchev–Trinajstić information content (AvgIpc) is 2.41. The third-order valence-electron chi connectivity index (χ3n) is 3.10. The maximum Gasteiger partial charge on any atom is 0.0453 e. The molecule has 2 aromatic rings. The number of nitrogens with one attached hydrogen (secondary N) is 1. The van der Waals surface area contributed by atoms with Crippen LogP contribution in [-0.4, -0.2) is 11.5 Å². The lowest BCUT2D eigenvalue weighted by Crippen LogP contribution is -2.23. The molecule has 0 aliphatic heterocycles. The van der Waals surface area contributed by atoms with E-state index in [9.17, 15) is 0 Å². The van der Waals surface area contributed by atoms with E-state index in [0.29, 0.717) is 0 Å². The Morgan fingerprint density at radius 2 is 2.11 bits per heavy atom. The molecule has 3 N–H and O–H groups in total. The highest BCUT2D eigenvalue weighted by Gasteiger charge is 2.15. The van der Waals surface area contributed by atoms with E-state index >= 15 is 0 Å². The van der Waals surface area contributed by atoms with E-state index in [1.165, 1.54) is 0 Å². The van der Waals surface area contributed by atoms with Crippen LogP contribution in [0.3, 0.4) is 0 Å². The van der Waals surface area contributed by atoms with Crippen LogP contribution in [-0.2, 0) is 6.42 Å². The highest BCUT2D eigenvalue weighted by molar-refractivity contribution is 6.31. The molecule has 4 heteroatoms. The van der Waals surface area contributed by atoms with Crippen LogP contribution >= 0.6 is 11.6 Å². The van der Waals surface area contributed by atoms with Gasteiger partial charge in [-0.05, 0) is 36.2 Å². The van der Waals surface area contributed by atoms with Crippen LogP contribution in [0.1, 0.15) is 24.1 Å². The van der Waals surface area contributed by atoms with Crippen LogP contribution in [0.25, 0.3) is 0 Å². The molecule has 0 aliphatic carbocycles. The average molecular weight is 276 g/mol. The van der Waals surface area contributed by atoms with Gasteiger partial charge in [-0.2, -0.15) is 0 Å². The molecule has 19 heavy (non-hydrogen) atoms. The molecule has 0 radical (unpaired) electrons. The Morgan fingerprint density at radius 1 is 1.32 bits per heavy atom. The van der Waals surface area contributed by atoms with Crippen molar-refractivity contribution in [3.05, 3.63) is 58.9 Å². The Labute approximate surface area is 118 Å². The van der Waals surface area contributed by atoms with Gasteiger partial charge in [0.05, 0.1) is 0 Å². The summed E-state index contributed by atoms with van der Waals surface area (Å²) in [4.78, 5) is 4.13. The first-order valence-corrected chi connectivity index (χ1v) is 6.76. The quantitative estimate of drug-likeness (QED) is 0.881. The zero-order valence-electron chi connectivity index (χ0n) is 10.9. The van der Waals surface area contributed by atoms with E-state index in [2.05, 4.69) is 17.2 Å². The maximum absolute atomic E-state index is 6.27. The molecule has 100 valence electrons. The Bertz CT molecular complexity index is 542. The molecule has 1 aromatic carbocycles. The Kier molecular flexibility index (Phi) is 4.77. The molecular weight excluding hydrogens is 258 g/mol. The van der Waals surface area contributed by atoms with Crippen molar-refractivity contribution >= 4 is 17.3 Å². The van der Waals surface area contributed by atoms with Gasteiger partial charge in [-0.15, -0.1) is 0 Å². The second kappa shape index (κ2) is 6.55. The number of nitrogens with zero attached hydrogens (tertiary/aromatic N) is 1. The highest BCUT2D eigenvalue weighted by atomic mass is 35.5. The van der Waals surface area contributed by atoms with Crippen molar-refractivity contribution in [2.45, 2.75) is 19.4 Å². The van der Waals surface area contributed by atoms with Gasteiger partial charge in [0.2, 0.25) is 0 Å². The fourth-order valence-electron chi connectivity index (χ4n) is 2.12. The second-order valence-electron chi connectivity index (χ2n) is 4.41. The number of hydrogen-bond acceptors (Lipinski definition) is 3. The van der Waals surface area contributed by atoms with E-state index < -0.39 is 0 Å². The summed E-state index contributed by atoms with van der Waals surface area (Å²) in [6.07, 6.45) is 4.30. The van der Waals surface area contributed by atoms with E-state index in [1.807, 2.05) is 36.5 Å². The SMILES string of the molecule is CCNC(Cc1cnccc1N)c1ccccc1Cl. The predicted molar refractivity (Wildman–Crippen MR) is 80.2 cm³/mol. The van der Waals surface area contributed by atoms with Crippen molar-refractivity contribution in [3.63, 3.8) is 0 Å². The number of anilines is 1. The Balaban J connectivity index is 2.27. The summed E-state index contributed by atoms with van der Waals surface area (Å²) in [7, 11) is 0. The summed E-state index contributed by atoms with van der Waals surface area (Å²) in [5, 5.41) is 4.22. The third-order valence-corrected chi connectivity index (χ3v) is 3.44. The van der Waals surface area contributed by atoms with Crippen LogP contribution in [0.4, 0.5) is 5.69 Å². The molecule has 0 saturated heterocycles. The van der Waals surface area contributed by atoms with Gasteiger partial charge in [0.15, 0.2) is 0 Å². The minimum atomic E-state index is 0.144. The number of rotatable bonds is 5. The number of halogens is 1. The van der Waals surface area contributed by atoms with Crippen LogP contribution in [0.2, 0.25) is 5.02 Å². The van der Waals surface area contributed by atoms with E-state index in [1.54, 1.807) is 6.20 Å². The van der Waals surface area contributed by atoms with Crippen LogP contribution < -0.4 is 11.1 Å². The van der Waals surface area contributed by atoms with Gasteiger partial charge in [0, 0.05) is 29.1 Å². The Morgan fingerprint density at radius 3 is 2.79 bits per heavy atom. The predicted octanol–water partition coefficient (Wildman–Crippen LogP) is 3.21. The van der Waals surface area contributed by atoms with Crippen molar-refractivity contribution in [2.75, 3.05) is 12.3 Å². The number of nitrogen functional groups attached to an aromatic ring is 1. The molecule has 0 amide bonds. The van der Waals surface area contributed by atoms with Gasteiger partial charge in [0.25, 0.3) is 0 Å². The first-order chi connectivity index (χ1) is 9.22. The number of nitrogens with two attached hydrogens (primary N) is 1. The van der Waals surface area contributed by atoms with E-state index in [-0.39, 0.29) is 6.04 Å². The minimum absolute atomic E-state index is 0.144. The van der Waals surface area contributed by atoms with Crippen molar-refractivity contribution in [2.24, 2.45) is 0 Å². The molecule has 2 rings (SSSR count). The molecule has 1 unspecified atom stereocenters. The van der Waals surface area contributed by atoms with Crippen LogP contribution in [0.5, 0.6) is 0 Å². The molecular formula is C15H18ClN3. The molecule has 0 saturated carbocycles. The summed E-state index contributed by atoms with van der Waals surface area (Å²) < 4.78 is 0. The van der Waals surface area contributed by atoms with Gasteiger partial charge >= 0.3 is 0 Å². The first kappa shape index (κ1) is 13.8. The lowest BCUT2D eigenvalue weighted by molar-refractivity contribution is 0.550. The zero-order chi connectivity index (χ0) is 13.7. The normalized spacial score (nSPS) is 12.3. The van der Waals surface area contributed by atoms with Gasteiger partial charge in [-0.25, -0.2) is 0 Å². The van der Waals surface area contributed by atoms with Crippen molar-refractivity contribution in [3.8, 4) is 0 Å². The molecule has 0 bridgehead atoms. The van der Waals surface area contributed by atoms with Gasteiger partial charge < -0.3 is 11.1 Å². The molecule has 1 aromatic heterocycles. The number of aromatic nitrogens is 1. The fraction of sp³-hybridized carbons (Fsp3) is 0.267. The first-order valence-electron chi connectivity index (χ1n) is 6.38. The summed E-state index contributed by atoms with van der Waals surface area (Å²) in [6.45, 7) is 2.95. The number of hydrogen-bond donors (Lipinski definition) is 2. The zero-order valence-corrected chi connectivity index (χ0v) is 11.7. The summed E-state index contributed by atoms with van der Waals surface area (Å²) >= 11 is 6.27. The summed E-state index contributed by atoms with van der Waals surface area (Å²) in [5.41, 5.74) is 8.88. The molecule has 0 aliphatic rings. The summed E-state index contributed by atoms with van der Waals surface area (Å²) in [6, 6.07) is 9.86. The minimum Gasteiger partial charge on any atom is -0.398 e. The lowest BCUT2D eigenvalue weighted by atomic mass is 9.99. The van der Waals surface area contributed by atoms with E-state index in [0.717, 1.165) is 34.8 Å². The standard InChI is InChI=1S/C15H18ClN3/c1-2-19-15(12-5-3-4-6-13(12)16)9-11-10-18-8-7-14(11)17/h3-8,10,15,19H,2,9H2,1H3,(H2,17,18). The number of likely N-dealkylation sites (N-methyl/N-ethyl adjacent to an activating group) is 1. The van der Waals surface area contributed by atoms with Gasteiger partial charge in [0.1, 0.15) is 0 Å². The van der Waals surface area contributed by atoms with E-state index in [4.69, 9.17) is 17.3 Å². The smallest absolute Gasteiger partial charge is 0.0453 e. The fourth-order valence-corrected chi connectivity index (χ4v) is 2.39. The van der Waals surface area contributed by atoms with Crippen LogP contribution in [0.15, 0.2) is 42.7 Å². The molecule has 1 heterocycles. The van der Waals surface area contributed by atoms with Crippen molar-refractivity contribution < 1.29 is 0 Å². The highest BCUT2D eigenvalue weighted by Crippen LogP contribution is 2.26. The lowest BCUT2D eigenvalue weighted by Gasteiger charge is -2.20. The Hall–Kier alpha value is -1.58. The molecule has 0 fully saturated rings. The monoisotopic (exact) mass is 275 g/mol. The van der Waals surface area contributed by atoms with Crippen molar-refractivity contribution in [1.82, 2.24) is 10.3 Å². The van der Waals surface area contributed by atoms with Gasteiger partial charge in [-0.3, -0.25) is 4.98 Å². The molecule has 1 atom stereocenters. The number of pyridine rings is 1. The molecule has 3 nitrogen and oxygen atoms in total. The molecule has 0 spiro atoms. The van der Waals surface area contributed by atoms with Crippen LogP contribution in [0, 0.1) is 0 Å². The largest absolute Gasteiger partial charge is 0.398 e. The topological polar surface area (TPSA) is 50.9 Å². The maximum atomic E-state index is 6.27. The number of benzene rings is 1. The third kappa shape index (κ3) is 3.46. The summed E-state index contributed by atoms with van der Waals surface area (Å²) in [5.74, 6) is 0. The second-order valence-corrected chi connectivity index (χ2v) is 4.82.